The van der Waals surface area contributed by atoms with Crippen molar-refractivity contribution in [1.29, 1.82) is 5.41 Å². The number of halogens is 2. The Kier molecular flexibility index (Phi) is 12.7. The lowest BCUT2D eigenvalue weighted by Gasteiger charge is -2.10. The number of nitrogens with zero attached hydrogens (tertiary/aromatic N) is 1. The van der Waals surface area contributed by atoms with Gasteiger partial charge < -0.3 is 20.2 Å². The first-order chi connectivity index (χ1) is 15.5. The number of aromatic amines is 1. The quantitative estimate of drug-likeness (QED) is 0.167. The molecular weight excluding hydrogens is 471 g/mol. The molecule has 10 heteroatoms. The molecule has 176 valence electrons. The first-order valence-electron chi connectivity index (χ1n) is 10.5. The summed E-state index contributed by atoms with van der Waals surface area (Å²) in [6.45, 7) is 2.38. The zero-order valence-electron chi connectivity index (χ0n) is 18.2. The predicted octanol–water partition coefficient (Wildman–Crippen LogP) is 5.14. The van der Waals surface area contributed by atoms with Crippen molar-refractivity contribution in [1.82, 2.24) is 9.97 Å². The number of aromatic nitrogens is 2. The van der Waals surface area contributed by atoms with Crippen molar-refractivity contribution in [3.8, 4) is 0 Å². The van der Waals surface area contributed by atoms with E-state index >= 15 is 0 Å². The predicted molar refractivity (Wildman–Crippen MR) is 134 cm³/mol. The van der Waals surface area contributed by atoms with Crippen LogP contribution in [0.4, 0.5) is 5.95 Å². The molecule has 0 amide bonds. The summed E-state index contributed by atoms with van der Waals surface area (Å²) in [7, 11) is 0. The number of hydrogen-bond acceptors (Lipinski definition) is 7. The van der Waals surface area contributed by atoms with Crippen molar-refractivity contribution >= 4 is 47.1 Å². The summed E-state index contributed by atoms with van der Waals surface area (Å²) in [5, 5.41) is 11.7. The molecule has 0 saturated heterocycles. The Balaban J connectivity index is 1.75. The first-order valence-corrected chi connectivity index (χ1v) is 12.7. The Morgan fingerprint density at radius 2 is 1.91 bits per heavy atom. The van der Waals surface area contributed by atoms with Crippen molar-refractivity contribution < 1.29 is 9.47 Å². The number of unbranched alkanes of at least 4 members (excludes halogenated alkanes) is 3. The van der Waals surface area contributed by atoms with E-state index in [0.717, 1.165) is 44.1 Å². The summed E-state index contributed by atoms with van der Waals surface area (Å²) in [5.74, 6) is 1.02. The highest BCUT2D eigenvalue weighted by Crippen LogP contribution is 2.22. The van der Waals surface area contributed by atoms with Gasteiger partial charge in [0.25, 0.3) is 5.56 Å². The van der Waals surface area contributed by atoms with Crippen LogP contribution in [0.3, 0.4) is 0 Å². The Morgan fingerprint density at radius 1 is 1.12 bits per heavy atom. The third kappa shape index (κ3) is 9.50. The fraction of sp³-hybridized carbons (Fsp3) is 0.500. The summed E-state index contributed by atoms with van der Waals surface area (Å²) in [5.41, 5.74) is 1.61. The van der Waals surface area contributed by atoms with Crippen LogP contribution in [0.5, 0.6) is 0 Å². The van der Waals surface area contributed by atoms with E-state index < -0.39 is 0 Å². The molecule has 0 saturated carbocycles. The molecule has 3 N–H and O–H groups in total. The molecule has 0 atom stereocenters. The molecule has 32 heavy (non-hydrogen) atoms. The van der Waals surface area contributed by atoms with Crippen molar-refractivity contribution in [2.75, 3.05) is 37.3 Å². The molecule has 0 spiro atoms. The minimum atomic E-state index is -0.219. The van der Waals surface area contributed by atoms with Crippen LogP contribution in [0.15, 0.2) is 23.0 Å². The number of benzene rings is 1. The zero-order valence-corrected chi connectivity index (χ0v) is 20.5. The van der Waals surface area contributed by atoms with Crippen molar-refractivity contribution in [3.05, 3.63) is 55.4 Å². The second-order valence-corrected chi connectivity index (χ2v) is 8.74. The SMILES string of the molecule is CSCOCCOCCCCCCc1c(C=N)nc(NCc2ccc(Cl)c(Cl)c2)[nH]c1=O. The topological polar surface area (TPSA) is 100 Å². The fourth-order valence-electron chi connectivity index (χ4n) is 3.02. The molecule has 0 bridgehead atoms. The minimum Gasteiger partial charge on any atom is -0.379 e. The van der Waals surface area contributed by atoms with Gasteiger partial charge in [0.05, 0.1) is 34.9 Å². The highest BCUT2D eigenvalue weighted by atomic mass is 35.5. The van der Waals surface area contributed by atoms with Gasteiger partial charge >= 0.3 is 0 Å². The summed E-state index contributed by atoms with van der Waals surface area (Å²) < 4.78 is 10.9. The van der Waals surface area contributed by atoms with E-state index in [1.807, 2.05) is 12.3 Å². The molecule has 0 unspecified atom stereocenters. The lowest BCUT2D eigenvalue weighted by Crippen LogP contribution is -2.20. The van der Waals surface area contributed by atoms with Gasteiger partial charge in [-0.05, 0) is 43.2 Å². The van der Waals surface area contributed by atoms with Crippen LogP contribution < -0.4 is 10.9 Å². The van der Waals surface area contributed by atoms with E-state index in [2.05, 4.69) is 15.3 Å². The Morgan fingerprint density at radius 3 is 2.66 bits per heavy atom. The second kappa shape index (κ2) is 15.3. The molecule has 2 aromatic rings. The summed E-state index contributed by atoms with van der Waals surface area (Å²) >= 11 is 13.6. The molecular formula is C22H30Cl2N4O3S. The van der Waals surface area contributed by atoms with Crippen LogP contribution in [0.1, 0.15) is 42.5 Å². The average Bonchev–Trinajstić information content (AvgIpc) is 2.79. The summed E-state index contributed by atoms with van der Waals surface area (Å²) in [6.07, 6.45) is 7.57. The molecule has 0 aliphatic heterocycles. The number of anilines is 1. The van der Waals surface area contributed by atoms with Gasteiger partial charge in [-0.1, -0.05) is 42.1 Å². The molecule has 7 nitrogen and oxygen atoms in total. The number of H-pyrrole nitrogens is 1. The monoisotopic (exact) mass is 500 g/mol. The molecule has 0 aliphatic rings. The largest absolute Gasteiger partial charge is 0.379 e. The Hall–Kier alpha value is -1.58. The van der Waals surface area contributed by atoms with E-state index in [-0.39, 0.29) is 5.56 Å². The van der Waals surface area contributed by atoms with Gasteiger partial charge in [0.1, 0.15) is 0 Å². The molecule has 2 rings (SSSR count). The van der Waals surface area contributed by atoms with E-state index in [1.54, 1.807) is 23.9 Å². The fourth-order valence-corrected chi connectivity index (χ4v) is 3.62. The number of rotatable bonds is 16. The number of ether oxygens (including phenoxy) is 2. The third-order valence-electron chi connectivity index (χ3n) is 4.67. The Labute approximate surface area is 203 Å². The van der Waals surface area contributed by atoms with Gasteiger partial charge in [-0.2, -0.15) is 0 Å². The number of thioether (sulfide) groups is 1. The van der Waals surface area contributed by atoms with Crippen molar-refractivity contribution in [2.24, 2.45) is 0 Å². The number of nitrogens with one attached hydrogen (secondary N) is 3. The van der Waals surface area contributed by atoms with E-state index in [9.17, 15) is 4.79 Å². The summed E-state index contributed by atoms with van der Waals surface area (Å²) in [6, 6.07) is 5.32. The van der Waals surface area contributed by atoms with E-state index in [4.69, 9.17) is 38.1 Å². The van der Waals surface area contributed by atoms with Crippen LogP contribution in [0.2, 0.25) is 10.0 Å². The van der Waals surface area contributed by atoms with Gasteiger partial charge in [0.2, 0.25) is 5.95 Å². The zero-order chi connectivity index (χ0) is 23.2. The van der Waals surface area contributed by atoms with Crippen molar-refractivity contribution in [3.63, 3.8) is 0 Å². The molecule has 1 aromatic heterocycles. The molecule has 1 aromatic carbocycles. The lowest BCUT2D eigenvalue weighted by atomic mass is 10.1. The van der Waals surface area contributed by atoms with Crippen LogP contribution in [0.25, 0.3) is 0 Å². The van der Waals surface area contributed by atoms with Gasteiger partial charge in [-0.3, -0.25) is 9.78 Å². The highest BCUT2D eigenvalue weighted by Gasteiger charge is 2.10. The molecule has 0 radical (unpaired) electrons. The number of hydrogen-bond donors (Lipinski definition) is 3. The Bertz CT molecular complexity index is 911. The van der Waals surface area contributed by atoms with Crippen molar-refractivity contribution in [2.45, 2.75) is 38.6 Å². The standard InChI is InChI=1S/C22H30Cl2N4O3S/c1-32-15-31-11-10-30-9-5-3-2-4-6-17-20(13-25)27-22(28-21(17)29)26-14-16-7-8-18(23)19(24)12-16/h7-8,12-13,25H,2-6,9-11,14-15H2,1H3,(H2,26,27,28,29). The summed E-state index contributed by atoms with van der Waals surface area (Å²) in [4.78, 5) is 19.7. The van der Waals surface area contributed by atoms with Crippen LogP contribution in [-0.2, 0) is 22.4 Å². The third-order valence-corrected chi connectivity index (χ3v) is 5.81. The van der Waals surface area contributed by atoms with Crippen LogP contribution in [-0.4, -0.2) is 48.2 Å². The van der Waals surface area contributed by atoms with Gasteiger partial charge in [0.15, 0.2) is 0 Å². The average molecular weight is 501 g/mol. The maximum absolute atomic E-state index is 12.5. The van der Waals surface area contributed by atoms with Gasteiger partial charge in [-0.15, -0.1) is 11.8 Å². The van der Waals surface area contributed by atoms with Gasteiger partial charge in [0, 0.05) is 24.9 Å². The minimum absolute atomic E-state index is 0.219. The maximum Gasteiger partial charge on any atom is 0.256 e. The molecule has 0 aliphatic carbocycles. The normalized spacial score (nSPS) is 11.0. The van der Waals surface area contributed by atoms with Crippen LogP contribution >= 0.6 is 35.0 Å². The smallest absolute Gasteiger partial charge is 0.256 e. The van der Waals surface area contributed by atoms with E-state index in [0.29, 0.717) is 59.4 Å². The molecule has 1 heterocycles. The highest BCUT2D eigenvalue weighted by molar-refractivity contribution is 7.98. The second-order valence-electron chi connectivity index (χ2n) is 7.12. The van der Waals surface area contributed by atoms with E-state index in [1.165, 1.54) is 0 Å². The van der Waals surface area contributed by atoms with Gasteiger partial charge in [-0.25, -0.2) is 4.98 Å². The van der Waals surface area contributed by atoms with Crippen LogP contribution in [0, 0.1) is 5.41 Å². The maximum atomic E-state index is 12.5. The molecule has 0 fully saturated rings. The lowest BCUT2D eigenvalue weighted by molar-refractivity contribution is 0.0637. The first kappa shape index (κ1) is 26.7.